The van der Waals surface area contributed by atoms with E-state index in [9.17, 15) is 4.79 Å². The minimum absolute atomic E-state index is 0.0289. The van der Waals surface area contributed by atoms with Crippen molar-refractivity contribution in [1.29, 1.82) is 0 Å². The number of aromatic nitrogens is 2. The molecule has 6 nitrogen and oxygen atoms in total. The molecular weight excluding hydrogens is 450 g/mol. The summed E-state index contributed by atoms with van der Waals surface area (Å²) >= 11 is 0. The number of benzene rings is 3. The molecule has 0 aliphatic heterocycles. The normalized spacial score (nSPS) is 11.1. The third kappa shape index (κ3) is 6.66. The van der Waals surface area contributed by atoms with E-state index in [-0.39, 0.29) is 12.5 Å². The van der Waals surface area contributed by atoms with E-state index in [0.717, 1.165) is 42.0 Å². The average Bonchev–Trinajstić information content (AvgIpc) is 3.24. The molecular formula is C30H35N3O3. The number of imidazole rings is 1. The van der Waals surface area contributed by atoms with Gasteiger partial charge in [0.1, 0.15) is 17.3 Å². The second kappa shape index (κ2) is 12.2. The topological polar surface area (TPSA) is 65.4 Å². The highest BCUT2D eigenvalue weighted by atomic mass is 16.5. The first-order valence-electron chi connectivity index (χ1n) is 12.6. The first-order chi connectivity index (χ1) is 17.5. The Hall–Kier alpha value is -3.80. The van der Waals surface area contributed by atoms with E-state index in [4.69, 9.17) is 14.5 Å². The molecule has 3 aromatic carbocycles. The molecule has 0 aliphatic carbocycles. The minimum Gasteiger partial charge on any atom is -0.493 e. The van der Waals surface area contributed by atoms with E-state index >= 15 is 0 Å². The Morgan fingerprint density at radius 3 is 2.56 bits per heavy atom. The Morgan fingerprint density at radius 2 is 1.75 bits per heavy atom. The molecule has 0 saturated heterocycles. The van der Waals surface area contributed by atoms with Crippen LogP contribution < -0.4 is 14.8 Å². The second-order valence-electron chi connectivity index (χ2n) is 9.30. The van der Waals surface area contributed by atoms with Gasteiger partial charge in [-0.2, -0.15) is 0 Å². The van der Waals surface area contributed by atoms with Crippen molar-refractivity contribution in [1.82, 2.24) is 14.9 Å². The van der Waals surface area contributed by atoms with Crippen LogP contribution in [0.1, 0.15) is 49.6 Å². The van der Waals surface area contributed by atoms with Gasteiger partial charge in [0, 0.05) is 6.54 Å². The predicted octanol–water partition coefficient (Wildman–Crippen LogP) is 6.02. The summed E-state index contributed by atoms with van der Waals surface area (Å²) in [6.45, 7) is 8.27. The average molecular weight is 486 g/mol. The lowest BCUT2D eigenvalue weighted by Gasteiger charge is -2.15. The van der Waals surface area contributed by atoms with Crippen molar-refractivity contribution in [2.75, 3.05) is 13.2 Å². The molecule has 0 unspecified atom stereocenters. The van der Waals surface area contributed by atoms with Crippen LogP contribution in [0.3, 0.4) is 0 Å². The zero-order chi connectivity index (χ0) is 25.3. The van der Waals surface area contributed by atoms with E-state index in [1.54, 1.807) is 0 Å². The fourth-order valence-corrected chi connectivity index (χ4v) is 4.20. The predicted molar refractivity (Wildman–Crippen MR) is 144 cm³/mol. The summed E-state index contributed by atoms with van der Waals surface area (Å²) in [5.41, 5.74) is 4.46. The third-order valence-electron chi connectivity index (χ3n) is 6.12. The van der Waals surface area contributed by atoms with Gasteiger partial charge in [-0.1, -0.05) is 56.3 Å². The minimum atomic E-state index is -0.176. The highest BCUT2D eigenvalue weighted by Gasteiger charge is 2.12. The van der Waals surface area contributed by atoms with Gasteiger partial charge in [0.2, 0.25) is 0 Å². The number of carbonyl (C=O) groups excluding carboxylic acids is 1. The van der Waals surface area contributed by atoms with Gasteiger partial charge in [-0.3, -0.25) is 4.79 Å². The highest BCUT2D eigenvalue weighted by Crippen LogP contribution is 2.27. The van der Waals surface area contributed by atoms with Crippen LogP contribution in [0.2, 0.25) is 0 Å². The molecule has 4 rings (SSSR count). The van der Waals surface area contributed by atoms with Gasteiger partial charge in [-0.05, 0) is 67.1 Å². The lowest BCUT2D eigenvalue weighted by atomic mass is 10.0. The number of aryl methyl sites for hydroxylation is 2. The van der Waals surface area contributed by atoms with Crippen LogP contribution in [-0.2, 0) is 17.9 Å². The maximum absolute atomic E-state index is 12.4. The number of amides is 1. The van der Waals surface area contributed by atoms with Crippen LogP contribution >= 0.6 is 0 Å². The Bertz CT molecular complexity index is 1280. The first-order valence-corrected chi connectivity index (χ1v) is 12.6. The van der Waals surface area contributed by atoms with Crippen molar-refractivity contribution in [3.8, 4) is 11.5 Å². The number of fused-ring (bicyclic) bond motifs is 1. The summed E-state index contributed by atoms with van der Waals surface area (Å²) in [6, 6.07) is 23.8. The van der Waals surface area contributed by atoms with Crippen LogP contribution in [0.5, 0.6) is 11.5 Å². The standard InChI is InChI=1S/C30H35N3O3/c1-22(2)25-16-15-23(3)19-28(25)35-18-10-9-17-33-27-14-8-7-13-26(27)32-29(33)20-31-30(34)21-36-24-11-5-4-6-12-24/h4-8,11-16,19,22H,9-10,17-18,20-21H2,1-3H3,(H,31,34). The van der Waals surface area contributed by atoms with E-state index in [1.165, 1.54) is 11.1 Å². The summed E-state index contributed by atoms with van der Waals surface area (Å²) in [7, 11) is 0. The fourth-order valence-electron chi connectivity index (χ4n) is 4.20. The molecule has 1 aromatic heterocycles. The Kier molecular flexibility index (Phi) is 8.61. The quantitative estimate of drug-likeness (QED) is 0.249. The molecule has 6 heteroatoms. The smallest absolute Gasteiger partial charge is 0.258 e. The van der Waals surface area contributed by atoms with Crippen molar-refractivity contribution in [2.24, 2.45) is 0 Å². The largest absolute Gasteiger partial charge is 0.493 e. The summed E-state index contributed by atoms with van der Waals surface area (Å²) in [5.74, 6) is 2.75. The number of nitrogens with one attached hydrogen (secondary N) is 1. The maximum Gasteiger partial charge on any atom is 0.258 e. The van der Waals surface area contributed by atoms with Gasteiger partial charge in [-0.25, -0.2) is 4.98 Å². The SMILES string of the molecule is Cc1ccc(C(C)C)c(OCCCCn2c(CNC(=O)COc3ccccc3)nc3ccccc32)c1. The van der Waals surface area contributed by atoms with Crippen molar-refractivity contribution in [3.63, 3.8) is 0 Å². The van der Waals surface area contributed by atoms with E-state index < -0.39 is 0 Å². The number of nitrogens with zero attached hydrogens (tertiary/aromatic N) is 2. The molecule has 0 bridgehead atoms. The van der Waals surface area contributed by atoms with Crippen LogP contribution in [0.4, 0.5) is 0 Å². The van der Waals surface area contributed by atoms with Crippen LogP contribution in [0.15, 0.2) is 72.8 Å². The van der Waals surface area contributed by atoms with E-state index in [0.29, 0.717) is 24.8 Å². The van der Waals surface area contributed by atoms with Crippen molar-refractivity contribution in [2.45, 2.75) is 52.6 Å². The molecule has 0 saturated carbocycles. The van der Waals surface area contributed by atoms with Crippen molar-refractivity contribution in [3.05, 3.63) is 89.7 Å². The number of unbranched alkanes of at least 4 members (excludes halogenated alkanes) is 1. The number of ether oxygens (including phenoxy) is 2. The van der Waals surface area contributed by atoms with Crippen molar-refractivity contribution >= 4 is 16.9 Å². The van der Waals surface area contributed by atoms with Crippen LogP contribution in [0, 0.1) is 6.92 Å². The van der Waals surface area contributed by atoms with Gasteiger partial charge in [0.15, 0.2) is 6.61 Å². The van der Waals surface area contributed by atoms with Crippen molar-refractivity contribution < 1.29 is 14.3 Å². The number of carbonyl (C=O) groups is 1. The number of rotatable bonds is 12. The summed E-state index contributed by atoms with van der Waals surface area (Å²) in [4.78, 5) is 17.1. The maximum atomic E-state index is 12.4. The molecule has 36 heavy (non-hydrogen) atoms. The lowest BCUT2D eigenvalue weighted by Crippen LogP contribution is -2.29. The fraction of sp³-hybridized carbons (Fsp3) is 0.333. The zero-order valence-electron chi connectivity index (χ0n) is 21.4. The molecule has 1 heterocycles. The number of hydrogen-bond acceptors (Lipinski definition) is 4. The molecule has 0 aliphatic rings. The van der Waals surface area contributed by atoms with Gasteiger partial charge in [0.25, 0.3) is 5.91 Å². The molecule has 0 fully saturated rings. The van der Waals surface area contributed by atoms with Crippen LogP contribution in [-0.4, -0.2) is 28.7 Å². The highest BCUT2D eigenvalue weighted by molar-refractivity contribution is 5.78. The summed E-state index contributed by atoms with van der Waals surface area (Å²) in [6.07, 6.45) is 1.87. The Labute approximate surface area is 213 Å². The zero-order valence-corrected chi connectivity index (χ0v) is 21.4. The monoisotopic (exact) mass is 485 g/mol. The van der Waals surface area contributed by atoms with Gasteiger partial charge < -0.3 is 19.4 Å². The first kappa shape index (κ1) is 25.3. The number of para-hydroxylation sites is 3. The molecule has 1 amide bonds. The molecule has 0 spiro atoms. The molecule has 4 aromatic rings. The summed E-state index contributed by atoms with van der Waals surface area (Å²) < 4.78 is 13.9. The molecule has 0 radical (unpaired) electrons. The lowest BCUT2D eigenvalue weighted by molar-refractivity contribution is -0.123. The number of hydrogen-bond donors (Lipinski definition) is 1. The van der Waals surface area contributed by atoms with E-state index in [2.05, 4.69) is 54.9 Å². The molecule has 188 valence electrons. The second-order valence-corrected chi connectivity index (χ2v) is 9.30. The third-order valence-corrected chi connectivity index (χ3v) is 6.12. The molecule has 1 N–H and O–H groups in total. The summed E-state index contributed by atoms with van der Waals surface area (Å²) in [5, 5.41) is 2.94. The van der Waals surface area contributed by atoms with E-state index in [1.807, 2.05) is 48.5 Å². The van der Waals surface area contributed by atoms with Gasteiger partial charge >= 0.3 is 0 Å². The van der Waals surface area contributed by atoms with Gasteiger partial charge in [0.05, 0.1) is 24.2 Å². The Morgan fingerprint density at radius 1 is 0.972 bits per heavy atom. The van der Waals surface area contributed by atoms with Crippen LogP contribution in [0.25, 0.3) is 11.0 Å². The Balaban J connectivity index is 1.32. The molecule has 0 atom stereocenters. The van der Waals surface area contributed by atoms with Gasteiger partial charge in [-0.15, -0.1) is 0 Å².